The number of halogens is 2. The highest BCUT2D eigenvalue weighted by Gasteiger charge is 2.50. The van der Waals surface area contributed by atoms with Crippen molar-refractivity contribution in [3.05, 3.63) is 28.2 Å². The molecule has 2 heterocycles. The van der Waals surface area contributed by atoms with E-state index in [-0.39, 0.29) is 29.4 Å². The average molecular weight is 409 g/mol. The number of hydrogen-bond donors (Lipinski definition) is 0. The minimum atomic E-state index is -3.15. The lowest BCUT2D eigenvalue weighted by atomic mass is 10.2. The van der Waals surface area contributed by atoms with Crippen molar-refractivity contribution < 1.29 is 17.9 Å². The van der Waals surface area contributed by atoms with Crippen LogP contribution in [0.15, 0.2) is 23.2 Å². The molecule has 0 bridgehead atoms. The number of ether oxygens (including phenoxy) is 1. The van der Waals surface area contributed by atoms with Crippen LogP contribution in [0.4, 0.5) is 5.69 Å². The fraction of sp³-hybridized carbons (Fsp3) is 0.429. The molecule has 2 atom stereocenters. The molecule has 2 aliphatic heterocycles. The topological polar surface area (TPSA) is 76.0 Å². The number of benzene rings is 1. The summed E-state index contributed by atoms with van der Waals surface area (Å²) < 4.78 is 28.8. The highest BCUT2D eigenvalue weighted by Crippen LogP contribution is 2.45. The molecule has 0 radical (unpaired) electrons. The number of thioether (sulfide) groups is 1. The minimum Gasteiger partial charge on any atom is -0.375 e. The van der Waals surface area contributed by atoms with Gasteiger partial charge in [-0.1, -0.05) is 41.0 Å². The Balaban J connectivity index is 2.07. The first-order chi connectivity index (χ1) is 11.3. The van der Waals surface area contributed by atoms with Crippen LogP contribution < -0.4 is 4.90 Å². The van der Waals surface area contributed by atoms with Crippen molar-refractivity contribution in [2.45, 2.75) is 11.3 Å². The van der Waals surface area contributed by atoms with E-state index in [1.54, 1.807) is 23.1 Å². The zero-order valence-corrected chi connectivity index (χ0v) is 15.8. The molecule has 0 aromatic heterocycles. The van der Waals surface area contributed by atoms with E-state index in [2.05, 4.69) is 4.99 Å². The number of hydrogen-bond acceptors (Lipinski definition) is 5. The molecule has 1 aromatic carbocycles. The second-order valence-corrected chi connectivity index (χ2v) is 9.64. The van der Waals surface area contributed by atoms with Crippen LogP contribution >= 0.6 is 35.0 Å². The Bertz CT molecular complexity index is 793. The van der Waals surface area contributed by atoms with Crippen LogP contribution in [0.2, 0.25) is 10.0 Å². The van der Waals surface area contributed by atoms with Crippen molar-refractivity contribution in [3.63, 3.8) is 0 Å². The molecule has 10 heteroatoms. The Morgan fingerprint density at radius 2 is 2.04 bits per heavy atom. The van der Waals surface area contributed by atoms with Gasteiger partial charge in [0.2, 0.25) is 0 Å². The zero-order valence-electron chi connectivity index (χ0n) is 12.6. The smallest absolute Gasteiger partial charge is 0.274 e. The van der Waals surface area contributed by atoms with Crippen molar-refractivity contribution in [3.8, 4) is 0 Å². The van der Waals surface area contributed by atoms with Gasteiger partial charge in [0, 0.05) is 12.4 Å². The Morgan fingerprint density at radius 1 is 1.38 bits per heavy atom. The Labute approximate surface area is 154 Å². The third kappa shape index (κ3) is 3.43. The zero-order chi connectivity index (χ0) is 17.5. The molecule has 0 aliphatic carbocycles. The number of amidine groups is 1. The standard InChI is InChI=1S/C14H14Cl2N2O4S2/c1-22-5-12(19)17-14-18(13-8(15)3-2-4-9(13)16)10-6-24(20,21)7-11(10)23-14/h2-4,10-11H,5-7H2,1H3. The first-order valence-electron chi connectivity index (χ1n) is 7.03. The van der Waals surface area contributed by atoms with Crippen LogP contribution in [0.5, 0.6) is 0 Å². The van der Waals surface area contributed by atoms with E-state index in [0.717, 1.165) is 0 Å². The van der Waals surface area contributed by atoms with Gasteiger partial charge in [-0.25, -0.2) is 8.42 Å². The SMILES string of the molecule is COCC(=O)N=C1SC2CS(=O)(=O)CC2N1c1c(Cl)cccc1Cl. The van der Waals surface area contributed by atoms with Crippen LogP contribution in [-0.4, -0.2) is 56.0 Å². The number of anilines is 1. The van der Waals surface area contributed by atoms with Crippen molar-refractivity contribution in [2.24, 2.45) is 4.99 Å². The molecule has 24 heavy (non-hydrogen) atoms. The van der Waals surface area contributed by atoms with Crippen LogP contribution in [0.1, 0.15) is 0 Å². The molecule has 130 valence electrons. The van der Waals surface area contributed by atoms with Crippen LogP contribution in [-0.2, 0) is 19.4 Å². The number of methoxy groups -OCH3 is 1. The van der Waals surface area contributed by atoms with Crippen molar-refractivity contribution in [2.75, 3.05) is 30.1 Å². The van der Waals surface area contributed by atoms with E-state index < -0.39 is 15.7 Å². The molecule has 6 nitrogen and oxygen atoms in total. The van der Waals surface area contributed by atoms with Gasteiger partial charge in [-0.2, -0.15) is 4.99 Å². The molecule has 2 saturated heterocycles. The summed E-state index contributed by atoms with van der Waals surface area (Å²) in [5.74, 6) is -0.432. The van der Waals surface area contributed by atoms with E-state index in [9.17, 15) is 13.2 Å². The molecule has 3 rings (SSSR count). The number of rotatable bonds is 3. The highest BCUT2D eigenvalue weighted by molar-refractivity contribution is 8.16. The fourth-order valence-electron chi connectivity index (χ4n) is 2.81. The summed E-state index contributed by atoms with van der Waals surface area (Å²) >= 11 is 13.8. The maximum Gasteiger partial charge on any atom is 0.274 e. The van der Waals surface area contributed by atoms with Crippen LogP contribution in [0.3, 0.4) is 0 Å². The molecule has 0 saturated carbocycles. The third-order valence-electron chi connectivity index (χ3n) is 3.73. The van der Waals surface area contributed by atoms with E-state index in [0.29, 0.717) is 20.9 Å². The first kappa shape index (κ1) is 18.0. The molecular formula is C14H14Cl2N2O4S2. The average Bonchev–Trinajstić information content (AvgIpc) is 2.92. The predicted molar refractivity (Wildman–Crippen MR) is 97.1 cm³/mol. The Morgan fingerprint density at radius 3 is 2.67 bits per heavy atom. The lowest BCUT2D eigenvalue weighted by Gasteiger charge is -2.26. The highest BCUT2D eigenvalue weighted by atomic mass is 35.5. The van der Waals surface area contributed by atoms with Gasteiger partial charge >= 0.3 is 0 Å². The number of carbonyl (C=O) groups is 1. The second-order valence-electron chi connectivity index (χ2n) is 5.46. The summed E-state index contributed by atoms with van der Waals surface area (Å²) in [6, 6.07) is 4.68. The van der Waals surface area contributed by atoms with Gasteiger partial charge in [0.15, 0.2) is 15.0 Å². The first-order valence-corrected chi connectivity index (χ1v) is 10.5. The minimum absolute atomic E-state index is 0.0241. The maximum absolute atomic E-state index is 12.0. The number of carbonyl (C=O) groups excluding carboxylic acids is 1. The Kier molecular flexibility index (Phi) is 5.13. The van der Waals surface area contributed by atoms with Crippen molar-refractivity contribution in [1.82, 2.24) is 0 Å². The summed E-state index contributed by atoms with van der Waals surface area (Å²) in [7, 11) is -1.74. The van der Waals surface area contributed by atoms with Crippen molar-refractivity contribution >= 4 is 61.6 Å². The lowest BCUT2D eigenvalue weighted by Crippen LogP contribution is -2.38. The second kappa shape index (κ2) is 6.84. The molecule has 1 aromatic rings. The lowest BCUT2D eigenvalue weighted by molar-refractivity contribution is -0.121. The van der Waals surface area contributed by atoms with E-state index in [4.69, 9.17) is 27.9 Å². The molecular weight excluding hydrogens is 395 g/mol. The number of amides is 1. The molecule has 0 spiro atoms. The molecule has 0 N–H and O–H groups in total. The van der Waals surface area contributed by atoms with Gasteiger partial charge in [0.25, 0.3) is 5.91 Å². The van der Waals surface area contributed by atoms with Crippen LogP contribution in [0, 0.1) is 0 Å². The van der Waals surface area contributed by atoms with Gasteiger partial charge < -0.3 is 9.64 Å². The largest absolute Gasteiger partial charge is 0.375 e. The summed E-state index contributed by atoms with van der Waals surface area (Å²) in [6.45, 7) is -0.151. The predicted octanol–water partition coefficient (Wildman–Crippen LogP) is 2.24. The molecule has 2 fully saturated rings. The third-order valence-corrected chi connectivity index (χ3v) is 7.55. The van der Waals surface area contributed by atoms with Gasteiger partial charge in [-0.15, -0.1) is 0 Å². The molecule has 1 amide bonds. The van der Waals surface area contributed by atoms with Crippen molar-refractivity contribution in [1.29, 1.82) is 0 Å². The maximum atomic E-state index is 12.0. The van der Waals surface area contributed by atoms with Gasteiger partial charge in [0.1, 0.15) is 6.61 Å². The number of aliphatic imine (C=N–C) groups is 1. The number of nitrogens with zero attached hydrogens (tertiary/aromatic N) is 2. The van der Waals surface area contributed by atoms with E-state index in [1.807, 2.05) is 0 Å². The normalized spacial score (nSPS) is 26.8. The molecule has 2 aliphatic rings. The number of para-hydroxylation sites is 1. The fourth-order valence-corrected chi connectivity index (χ4v) is 7.30. The summed E-state index contributed by atoms with van der Waals surface area (Å²) in [5, 5.41) is 0.938. The van der Waals surface area contributed by atoms with Gasteiger partial charge in [0.05, 0.1) is 33.3 Å². The summed E-state index contributed by atoms with van der Waals surface area (Å²) in [6.07, 6.45) is 0. The van der Waals surface area contributed by atoms with Gasteiger partial charge in [-0.3, -0.25) is 4.79 Å². The van der Waals surface area contributed by atoms with Gasteiger partial charge in [-0.05, 0) is 12.1 Å². The van der Waals surface area contributed by atoms with E-state index in [1.165, 1.54) is 18.9 Å². The summed E-state index contributed by atoms with van der Waals surface area (Å²) in [5.41, 5.74) is 0.474. The summed E-state index contributed by atoms with van der Waals surface area (Å²) in [4.78, 5) is 17.6. The number of fused-ring (bicyclic) bond motifs is 1. The van der Waals surface area contributed by atoms with Crippen LogP contribution in [0.25, 0.3) is 0 Å². The Hall–Kier alpha value is -0.800. The van der Waals surface area contributed by atoms with E-state index >= 15 is 0 Å². The molecule has 2 unspecified atom stereocenters. The number of sulfone groups is 1. The quantitative estimate of drug-likeness (QED) is 0.762. The monoisotopic (exact) mass is 408 g/mol.